The average molecular weight is 266 g/mol. The van der Waals surface area contributed by atoms with Gasteiger partial charge in [-0.1, -0.05) is 0 Å². The third-order valence-electron chi connectivity index (χ3n) is 2.14. The van der Waals surface area contributed by atoms with Crippen LogP contribution in [0.4, 0.5) is 5.13 Å². The summed E-state index contributed by atoms with van der Waals surface area (Å²) in [6, 6.07) is 3.01. The van der Waals surface area contributed by atoms with Crippen LogP contribution in [0.25, 0.3) is 0 Å². The average Bonchev–Trinajstić information content (AvgIpc) is 2.87. The Hall–Kier alpha value is -2.22. The molecule has 0 saturated carbocycles. The van der Waals surface area contributed by atoms with Crippen molar-refractivity contribution in [2.75, 3.05) is 5.32 Å². The van der Waals surface area contributed by atoms with Crippen LogP contribution >= 0.6 is 11.5 Å². The second-order valence-corrected chi connectivity index (χ2v) is 4.27. The molecule has 0 aromatic carbocycles. The van der Waals surface area contributed by atoms with Crippen LogP contribution in [0.1, 0.15) is 16.3 Å². The highest BCUT2D eigenvalue weighted by Gasteiger charge is 2.12. The van der Waals surface area contributed by atoms with Gasteiger partial charge in [-0.25, -0.2) is 9.78 Å². The number of hydrogen-bond donors (Lipinski definition) is 2. The summed E-state index contributed by atoms with van der Waals surface area (Å²) >= 11 is 1.08. The molecule has 0 unspecified atom stereocenters. The number of anilines is 1. The molecule has 0 aliphatic rings. The fraction of sp³-hybridized carbons (Fsp3) is 0.200. The maximum Gasteiger partial charge on any atom is 0.352 e. The van der Waals surface area contributed by atoms with E-state index in [9.17, 15) is 9.59 Å². The first-order chi connectivity index (χ1) is 8.56. The number of aromatic carboxylic acids is 1. The van der Waals surface area contributed by atoms with E-state index in [1.165, 1.54) is 16.8 Å². The van der Waals surface area contributed by atoms with E-state index >= 15 is 0 Å². The lowest BCUT2D eigenvalue weighted by Gasteiger charge is -2.05. The van der Waals surface area contributed by atoms with Crippen molar-refractivity contribution in [2.45, 2.75) is 13.5 Å². The second kappa shape index (κ2) is 4.96. The van der Waals surface area contributed by atoms with Crippen LogP contribution in [-0.4, -0.2) is 30.9 Å². The molecule has 2 aromatic rings. The van der Waals surface area contributed by atoms with Crippen LogP contribution in [0.15, 0.2) is 18.3 Å². The van der Waals surface area contributed by atoms with E-state index in [2.05, 4.69) is 14.7 Å². The monoisotopic (exact) mass is 266 g/mol. The summed E-state index contributed by atoms with van der Waals surface area (Å²) in [5.41, 5.74) is 0.0681. The Kier molecular flexibility index (Phi) is 3.38. The molecule has 18 heavy (non-hydrogen) atoms. The molecule has 0 spiro atoms. The van der Waals surface area contributed by atoms with Crippen molar-refractivity contribution in [1.29, 1.82) is 0 Å². The number of nitrogens with zero attached hydrogens (tertiary/aromatic N) is 3. The third kappa shape index (κ3) is 2.72. The lowest BCUT2D eigenvalue weighted by atomic mass is 10.4. The number of aryl methyl sites for hydroxylation is 1. The molecule has 0 saturated heterocycles. The van der Waals surface area contributed by atoms with Crippen LogP contribution in [0.5, 0.6) is 0 Å². The maximum absolute atomic E-state index is 11.7. The normalized spacial score (nSPS) is 10.3. The number of aromatic nitrogens is 3. The van der Waals surface area contributed by atoms with E-state index in [1.54, 1.807) is 13.0 Å². The van der Waals surface area contributed by atoms with Crippen molar-refractivity contribution in [3.63, 3.8) is 0 Å². The number of amides is 1. The first kappa shape index (κ1) is 12.2. The molecule has 1 amide bonds. The minimum atomic E-state index is -1.07. The summed E-state index contributed by atoms with van der Waals surface area (Å²) in [7, 11) is 0. The smallest absolute Gasteiger partial charge is 0.352 e. The highest BCUT2D eigenvalue weighted by Crippen LogP contribution is 2.10. The van der Waals surface area contributed by atoms with E-state index in [4.69, 9.17) is 5.11 Å². The zero-order valence-electron chi connectivity index (χ0n) is 9.45. The molecular formula is C10H10N4O3S. The number of nitrogens with one attached hydrogen (secondary N) is 1. The summed E-state index contributed by atoms with van der Waals surface area (Å²) in [5, 5.41) is 11.9. The fourth-order valence-electron chi connectivity index (χ4n) is 1.41. The number of carbonyl (C=O) groups excluding carboxylic acids is 1. The van der Waals surface area contributed by atoms with E-state index in [-0.39, 0.29) is 18.1 Å². The Labute approximate surface area is 106 Å². The molecular weight excluding hydrogens is 256 g/mol. The lowest BCUT2D eigenvalue weighted by Crippen LogP contribution is -2.20. The fourth-order valence-corrected chi connectivity index (χ4v) is 2.00. The highest BCUT2D eigenvalue weighted by molar-refractivity contribution is 7.09. The Morgan fingerprint density at radius 3 is 2.94 bits per heavy atom. The third-order valence-corrected chi connectivity index (χ3v) is 2.86. The number of carboxylic acid groups (broad SMARTS) is 1. The van der Waals surface area contributed by atoms with Crippen LogP contribution < -0.4 is 5.32 Å². The Balaban J connectivity index is 2.03. The van der Waals surface area contributed by atoms with Gasteiger partial charge in [0.25, 0.3) is 0 Å². The summed E-state index contributed by atoms with van der Waals surface area (Å²) in [4.78, 5) is 26.5. The molecule has 0 aliphatic heterocycles. The second-order valence-electron chi connectivity index (χ2n) is 3.52. The summed E-state index contributed by atoms with van der Waals surface area (Å²) in [5.74, 6) is -0.827. The van der Waals surface area contributed by atoms with Gasteiger partial charge in [0.1, 0.15) is 18.1 Å². The molecule has 0 bridgehead atoms. The number of hydrogen-bond acceptors (Lipinski definition) is 5. The highest BCUT2D eigenvalue weighted by atomic mass is 32.1. The van der Waals surface area contributed by atoms with Crippen molar-refractivity contribution in [3.05, 3.63) is 29.8 Å². The molecule has 2 rings (SSSR count). The molecule has 8 heteroatoms. The maximum atomic E-state index is 11.7. The molecule has 7 nitrogen and oxygen atoms in total. The van der Waals surface area contributed by atoms with Crippen LogP contribution in [-0.2, 0) is 11.3 Å². The molecule has 2 aromatic heterocycles. The molecule has 0 aliphatic carbocycles. The topological polar surface area (TPSA) is 97.1 Å². The zero-order chi connectivity index (χ0) is 13.1. The van der Waals surface area contributed by atoms with Crippen molar-refractivity contribution in [1.82, 2.24) is 13.9 Å². The zero-order valence-corrected chi connectivity index (χ0v) is 10.3. The van der Waals surface area contributed by atoms with Crippen LogP contribution in [0, 0.1) is 6.92 Å². The minimum Gasteiger partial charge on any atom is -0.477 e. The predicted octanol–water partition coefficient (Wildman–Crippen LogP) is 0.985. The Morgan fingerprint density at radius 2 is 2.33 bits per heavy atom. The molecule has 94 valence electrons. The van der Waals surface area contributed by atoms with E-state index in [0.29, 0.717) is 11.0 Å². The van der Waals surface area contributed by atoms with E-state index in [1.807, 2.05) is 0 Å². The van der Waals surface area contributed by atoms with Gasteiger partial charge < -0.3 is 9.67 Å². The van der Waals surface area contributed by atoms with Gasteiger partial charge in [0.05, 0.1) is 0 Å². The van der Waals surface area contributed by atoms with Crippen molar-refractivity contribution in [3.8, 4) is 0 Å². The largest absolute Gasteiger partial charge is 0.477 e. The van der Waals surface area contributed by atoms with Gasteiger partial charge in [-0.15, -0.1) is 0 Å². The first-order valence-electron chi connectivity index (χ1n) is 5.05. The Morgan fingerprint density at radius 1 is 1.56 bits per heavy atom. The van der Waals surface area contributed by atoms with Gasteiger partial charge in [-0.3, -0.25) is 10.1 Å². The summed E-state index contributed by atoms with van der Waals surface area (Å²) in [6.45, 7) is 1.65. The van der Waals surface area contributed by atoms with Crippen molar-refractivity contribution in [2.24, 2.45) is 0 Å². The first-order valence-corrected chi connectivity index (χ1v) is 5.82. The summed E-state index contributed by atoms with van der Waals surface area (Å²) < 4.78 is 5.28. The molecule has 2 heterocycles. The lowest BCUT2D eigenvalue weighted by molar-refractivity contribution is -0.116. The number of rotatable bonds is 4. The minimum absolute atomic E-state index is 0.0681. The van der Waals surface area contributed by atoms with Crippen molar-refractivity contribution < 1.29 is 14.7 Å². The van der Waals surface area contributed by atoms with Crippen LogP contribution in [0.3, 0.4) is 0 Å². The quantitative estimate of drug-likeness (QED) is 0.860. The molecule has 0 atom stereocenters. The van der Waals surface area contributed by atoms with Gasteiger partial charge in [0.2, 0.25) is 11.0 Å². The van der Waals surface area contributed by atoms with Gasteiger partial charge >= 0.3 is 5.97 Å². The van der Waals surface area contributed by atoms with Gasteiger partial charge in [-0.2, -0.15) is 4.37 Å². The molecule has 0 radical (unpaired) electrons. The summed E-state index contributed by atoms with van der Waals surface area (Å²) in [6.07, 6.45) is 1.54. The predicted molar refractivity (Wildman–Crippen MR) is 64.7 cm³/mol. The molecule has 2 N–H and O–H groups in total. The van der Waals surface area contributed by atoms with Gasteiger partial charge in [-0.05, 0) is 19.1 Å². The van der Waals surface area contributed by atoms with Crippen LogP contribution in [0.2, 0.25) is 0 Å². The van der Waals surface area contributed by atoms with E-state index < -0.39 is 5.97 Å². The number of carbonyl (C=O) groups is 2. The molecule has 0 fully saturated rings. The Bertz CT molecular complexity index is 589. The van der Waals surface area contributed by atoms with Gasteiger partial charge in [0, 0.05) is 17.7 Å². The van der Waals surface area contributed by atoms with Crippen molar-refractivity contribution >= 4 is 28.5 Å². The SMILES string of the molecule is Cc1nsc(NC(=O)Cn2cccc2C(=O)O)n1. The standard InChI is InChI=1S/C10H10N4O3S/c1-6-11-10(18-13-6)12-8(15)5-14-4-2-3-7(14)9(16)17/h2-4H,5H2,1H3,(H,16,17)(H,11,12,13,15). The van der Waals surface area contributed by atoms with Gasteiger partial charge in [0.15, 0.2) is 0 Å². The van der Waals surface area contributed by atoms with E-state index in [0.717, 1.165) is 11.5 Å². The number of carboxylic acids is 1.